The predicted octanol–water partition coefficient (Wildman–Crippen LogP) is 3.31. The molecule has 1 saturated carbocycles. The third kappa shape index (κ3) is 4.64. The van der Waals surface area contributed by atoms with Gasteiger partial charge in [0.2, 0.25) is 0 Å². The molecule has 0 bridgehead atoms. The molecule has 154 valence electrons. The topological polar surface area (TPSA) is 83.1 Å². The number of carbonyl (C=O) groups excluding carboxylic acids is 2. The van der Waals surface area contributed by atoms with Crippen LogP contribution in [0.4, 0.5) is 4.79 Å². The number of hydrogen-bond acceptors (Lipinski definition) is 6. The molecule has 7 heteroatoms. The van der Waals surface area contributed by atoms with Gasteiger partial charge in [-0.05, 0) is 38.7 Å². The van der Waals surface area contributed by atoms with Crippen LogP contribution >= 0.6 is 0 Å². The number of esters is 1. The highest BCUT2D eigenvalue weighted by atomic mass is 16.7. The molecule has 1 aromatic carbocycles. The third-order valence-electron chi connectivity index (χ3n) is 5.49. The molecule has 2 atom stereocenters. The number of hydrogen-bond donors (Lipinski definition) is 1. The Bertz CT molecular complexity index is 671. The van der Waals surface area contributed by atoms with Crippen LogP contribution < -0.4 is 5.32 Å². The van der Waals surface area contributed by atoms with Gasteiger partial charge in [0.05, 0.1) is 19.3 Å². The zero-order valence-electron chi connectivity index (χ0n) is 16.7. The maximum absolute atomic E-state index is 12.5. The van der Waals surface area contributed by atoms with Crippen molar-refractivity contribution in [2.24, 2.45) is 0 Å². The van der Waals surface area contributed by atoms with Crippen LogP contribution in [0, 0.1) is 0 Å². The van der Waals surface area contributed by atoms with Gasteiger partial charge in [-0.3, -0.25) is 0 Å². The van der Waals surface area contributed by atoms with Crippen LogP contribution in [-0.4, -0.2) is 42.7 Å². The lowest BCUT2D eigenvalue weighted by atomic mass is 9.78. The largest absolute Gasteiger partial charge is 0.467 e. The van der Waals surface area contributed by atoms with Crippen molar-refractivity contribution in [2.45, 2.75) is 76.1 Å². The summed E-state index contributed by atoms with van der Waals surface area (Å²) in [5.74, 6) is -1.18. The van der Waals surface area contributed by atoms with Crippen LogP contribution in [0.2, 0.25) is 0 Å². The summed E-state index contributed by atoms with van der Waals surface area (Å²) in [6, 6.07) is 9.38. The average molecular weight is 391 g/mol. The van der Waals surface area contributed by atoms with Crippen molar-refractivity contribution in [1.29, 1.82) is 0 Å². The zero-order chi connectivity index (χ0) is 20.2. The van der Waals surface area contributed by atoms with E-state index < -0.39 is 23.4 Å². The number of benzene rings is 1. The molecule has 3 rings (SSSR count). The molecule has 7 nitrogen and oxygen atoms in total. The molecule has 2 aliphatic rings. The molecule has 1 aliphatic carbocycles. The SMILES string of the molecule is COC(=O)C1(NC(=O)OCc2ccccc2)CCC2(CC1)O[C@@H](C)C[C@H](C)O2. The molecular formula is C21H29NO6. The van der Waals surface area contributed by atoms with Crippen molar-refractivity contribution in [3.63, 3.8) is 0 Å². The number of carbonyl (C=O) groups is 2. The molecule has 1 heterocycles. The molecule has 1 saturated heterocycles. The maximum atomic E-state index is 12.5. The number of methoxy groups -OCH3 is 1. The van der Waals surface area contributed by atoms with E-state index in [1.54, 1.807) is 0 Å². The van der Waals surface area contributed by atoms with Crippen molar-refractivity contribution in [3.8, 4) is 0 Å². The summed E-state index contributed by atoms with van der Waals surface area (Å²) >= 11 is 0. The number of nitrogens with one attached hydrogen (secondary N) is 1. The summed E-state index contributed by atoms with van der Waals surface area (Å²) in [5.41, 5.74) is -0.260. The van der Waals surface area contributed by atoms with E-state index in [9.17, 15) is 9.59 Å². The van der Waals surface area contributed by atoms with E-state index in [0.29, 0.717) is 25.7 Å². The van der Waals surface area contributed by atoms with Gasteiger partial charge in [0.15, 0.2) is 5.79 Å². The second-order valence-corrected chi connectivity index (χ2v) is 7.76. The van der Waals surface area contributed by atoms with Crippen LogP contribution in [0.1, 0.15) is 51.5 Å². The first kappa shape index (κ1) is 20.6. The van der Waals surface area contributed by atoms with Gasteiger partial charge in [0.1, 0.15) is 12.1 Å². The van der Waals surface area contributed by atoms with Crippen molar-refractivity contribution in [2.75, 3.05) is 7.11 Å². The average Bonchev–Trinajstić information content (AvgIpc) is 2.68. The first-order valence-electron chi connectivity index (χ1n) is 9.79. The van der Waals surface area contributed by atoms with Gasteiger partial charge in [-0.1, -0.05) is 30.3 Å². The lowest BCUT2D eigenvalue weighted by Gasteiger charge is -2.49. The van der Waals surface area contributed by atoms with Gasteiger partial charge in [-0.2, -0.15) is 0 Å². The van der Waals surface area contributed by atoms with Crippen molar-refractivity contribution in [1.82, 2.24) is 5.32 Å². The van der Waals surface area contributed by atoms with E-state index in [1.807, 2.05) is 44.2 Å². The molecule has 0 unspecified atom stereocenters. The zero-order valence-corrected chi connectivity index (χ0v) is 16.7. The Balaban J connectivity index is 1.63. The second-order valence-electron chi connectivity index (χ2n) is 7.76. The molecule has 1 spiro atoms. The van der Waals surface area contributed by atoms with Crippen LogP contribution in [0.15, 0.2) is 30.3 Å². The molecule has 1 amide bonds. The normalized spacial score (nSPS) is 32.5. The summed E-state index contributed by atoms with van der Waals surface area (Å²) in [5, 5.41) is 2.75. The standard InChI is InChI=1S/C21H29NO6/c1-15-13-16(2)28-21(27-15)11-9-20(10-12-21,18(23)25-3)22-19(24)26-14-17-7-5-4-6-8-17/h4-8,15-16H,9-14H2,1-3H3,(H,22,24)/t15-,16-/m0/s1. The fourth-order valence-corrected chi connectivity index (χ4v) is 4.15. The summed E-state index contributed by atoms with van der Waals surface area (Å²) in [7, 11) is 1.32. The highest BCUT2D eigenvalue weighted by Crippen LogP contribution is 2.43. The Morgan fingerprint density at radius 1 is 1.07 bits per heavy atom. The van der Waals surface area contributed by atoms with E-state index in [2.05, 4.69) is 5.32 Å². The van der Waals surface area contributed by atoms with Gasteiger partial charge in [-0.15, -0.1) is 0 Å². The smallest absolute Gasteiger partial charge is 0.408 e. The van der Waals surface area contributed by atoms with Crippen LogP contribution in [0.3, 0.4) is 0 Å². The van der Waals surface area contributed by atoms with E-state index in [-0.39, 0.29) is 18.8 Å². The van der Waals surface area contributed by atoms with E-state index in [4.69, 9.17) is 18.9 Å². The second kappa shape index (κ2) is 8.49. The minimum absolute atomic E-state index is 0.0955. The lowest BCUT2D eigenvalue weighted by Crippen LogP contribution is -2.61. The molecule has 1 aliphatic heterocycles. The number of alkyl carbamates (subject to hydrolysis) is 1. The van der Waals surface area contributed by atoms with E-state index in [1.165, 1.54) is 7.11 Å². The van der Waals surface area contributed by atoms with Gasteiger partial charge in [0.25, 0.3) is 0 Å². The quantitative estimate of drug-likeness (QED) is 0.793. The van der Waals surface area contributed by atoms with Crippen LogP contribution in [0.5, 0.6) is 0 Å². The molecule has 2 fully saturated rings. The van der Waals surface area contributed by atoms with Crippen molar-refractivity contribution in [3.05, 3.63) is 35.9 Å². The molecule has 0 radical (unpaired) electrons. The molecule has 0 aromatic heterocycles. The molecule has 28 heavy (non-hydrogen) atoms. The molecule has 1 aromatic rings. The van der Waals surface area contributed by atoms with Crippen molar-refractivity contribution >= 4 is 12.1 Å². The Labute approximate surface area is 165 Å². The highest BCUT2D eigenvalue weighted by Gasteiger charge is 2.52. The molecular weight excluding hydrogens is 362 g/mol. The van der Waals surface area contributed by atoms with E-state index >= 15 is 0 Å². The third-order valence-corrected chi connectivity index (χ3v) is 5.49. The van der Waals surface area contributed by atoms with Gasteiger partial charge < -0.3 is 24.3 Å². The monoisotopic (exact) mass is 391 g/mol. The Hall–Kier alpha value is -2.12. The highest BCUT2D eigenvalue weighted by molar-refractivity contribution is 5.85. The summed E-state index contributed by atoms with van der Waals surface area (Å²) < 4.78 is 22.5. The Kier molecular flexibility index (Phi) is 6.25. The fourth-order valence-electron chi connectivity index (χ4n) is 4.15. The Morgan fingerprint density at radius 2 is 1.68 bits per heavy atom. The van der Waals surface area contributed by atoms with Gasteiger partial charge in [-0.25, -0.2) is 9.59 Å². The first-order chi connectivity index (χ1) is 13.4. The van der Waals surface area contributed by atoms with Crippen molar-refractivity contribution < 1.29 is 28.5 Å². The Morgan fingerprint density at radius 3 is 2.25 bits per heavy atom. The minimum atomic E-state index is -1.13. The molecule has 1 N–H and O–H groups in total. The van der Waals surface area contributed by atoms with Gasteiger partial charge >= 0.3 is 12.1 Å². The van der Waals surface area contributed by atoms with Crippen LogP contribution in [0.25, 0.3) is 0 Å². The number of amides is 1. The fraction of sp³-hybridized carbons (Fsp3) is 0.619. The van der Waals surface area contributed by atoms with Crippen LogP contribution in [-0.2, 0) is 30.3 Å². The number of ether oxygens (including phenoxy) is 4. The first-order valence-corrected chi connectivity index (χ1v) is 9.79. The predicted molar refractivity (Wildman–Crippen MR) is 101 cm³/mol. The minimum Gasteiger partial charge on any atom is -0.467 e. The summed E-state index contributed by atoms with van der Waals surface area (Å²) in [4.78, 5) is 24.9. The lowest BCUT2D eigenvalue weighted by molar-refractivity contribution is -0.325. The summed E-state index contributed by atoms with van der Waals surface area (Å²) in [6.45, 7) is 4.19. The maximum Gasteiger partial charge on any atom is 0.408 e. The van der Waals surface area contributed by atoms with E-state index in [0.717, 1.165) is 12.0 Å². The van der Waals surface area contributed by atoms with Gasteiger partial charge in [0, 0.05) is 12.8 Å². The summed E-state index contributed by atoms with van der Waals surface area (Å²) in [6.07, 6.45) is 2.10. The number of rotatable bonds is 4.